The lowest BCUT2D eigenvalue weighted by Gasteiger charge is -2.10. The molecule has 0 aromatic heterocycles. The largest absolute Gasteiger partial charge is 0.493 e. The molecule has 0 radical (unpaired) electrons. The summed E-state index contributed by atoms with van der Waals surface area (Å²) < 4.78 is 5.74. The van der Waals surface area contributed by atoms with E-state index in [1.807, 2.05) is 76.4 Å². The Morgan fingerprint density at radius 2 is 2.03 bits per heavy atom. The van der Waals surface area contributed by atoms with Crippen molar-refractivity contribution < 1.29 is 9.53 Å². The average Bonchev–Trinajstić information content (AvgIpc) is 2.97. The Kier molecular flexibility index (Phi) is 15.6. The van der Waals surface area contributed by atoms with Gasteiger partial charge in [0.15, 0.2) is 5.78 Å². The van der Waals surface area contributed by atoms with Crippen molar-refractivity contribution in [1.29, 1.82) is 0 Å². The lowest BCUT2D eigenvalue weighted by Crippen LogP contribution is -2.06. The van der Waals surface area contributed by atoms with Gasteiger partial charge in [0.05, 0.1) is 12.2 Å². The van der Waals surface area contributed by atoms with Crippen LogP contribution in [0.1, 0.15) is 47.0 Å². The molecule has 0 heterocycles. The fraction of sp³-hybridized carbons (Fsp3) is 0.346. The Balaban J connectivity index is 0.00000379. The number of nitrogens with one attached hydrogen (secondary N) is 1. The van der Waals surface area contributed by atoms with Crippen LogP contribution in [0, 0.1) is 0 Å². The van der Waals surface area contributed by atoms with E-state index in [1.165, 1.54) is 0 Å². The van der Waals surface area contributed by atoms with Gasteiger partial charge in [-0.3, -0.25) is 4.79 Å². The summed E-state index contributed by atoms with van der Waals surface area (Å²) >= 11 is 0. The predicted molar refractivity (Wildman–Crippen MR) is 127 cm³/mol. The average molecular weight is 396 g/mol. The topological polar surface area (TPSA) is 38.3 Å². The summed E-state index contributed by atoms with van der Waals surface area (Å²) in [5, 5.41) is 3.16. The first-order chi connectivity index (χ1) is 14.1. The summed E-state index contributed by atoms with van der Waals surface area (Å²) in [6, 6.07) is 0. The van der Waals surface area contributed by atoms with Crippen LogP contribution in [0.5, 0.6) is 0 Å². The zero-order valence-corrected chi connectivity index (χ0v) is 18.5. The number of allylic oxidation sites excluding steroid dienone is 11. The van der Waals surface area contributed by atoms with Crippen LogP contribution < -0.4 is 5.32 Å². The van der Waals surface area contributed by atoms with Gasteiger partial charge in [0, 0.05) is 6.54 Å². The normalized spacial score (nSPS) is 13.9. The fourth-order valence-electron chi connectivity index (χ4n) is 2.28. The molecule has 3 heteroatoms. The van der Waals surface area contributed by atoms with Crippen LogP contribution in [-0.2, 0) is 9.53 Å². The van der Waals surface area contributed by atoms with Crippen molar-refractivity contribution in [2.45, 2.75) is 47.0 Å². The second-order valence-electron chi connectivity index (χ2n) is 6.19. The van der Waals surface area contributed by atoms with Crippen LogP contribution in [0.4, 0.5) is 0 Å². The van der Waals surface area contributed by atoms with Gasteiger partial charge < -0.3 is 10.1 Å². The first kappa shape index (κ1) is 26.2. The molecule has 0 amide bonds. The minimum Gasteiger partial charge on any atom is -0.493 e. The summed E-state index contributed by atoms with van der Waals surface area (Å²) in [7, 11) is 0. The lowest BCUT2D eigenvalue weighted by molar-refractivity contribution is -0.111. The van der Waals surface area contributed by atoms with E-state index in [0.29, 0.717) is 17.9 Å². The molecule has 0 spiro atoms. The SMILES string of the molecule is C=CCCN/C=C\C(=C)/C=C(C)/C=C/C(=O)C1=CC=CCC=C1OCCC.CC. The molecule has 0 atom stereocenters. The van der Waals surface area contributed by atoms with E-state index in [0.717, 1.165) is 37.0 Å². The molecule has 0 unspecified atom stereocenters. The first-order valence-corrected chi connectivity index (χ1v) is 10.4. The highest BCUT2D eigenvalue weighted by Crippen LogP contribution is 2.18. The van der Waals surface area contributed by atoms with Gasteiger partial charge in [0.25, 0.3) is 0 Å². The third-order valence-corrected chi connectivity index (χ3v) is 3.65. The van der Waals surface area contributed by atoms with E-state index in [4.69, 9.17) is 4.74 Å². The molecule has 0 bridgehead atoms. The monoisotopic (exact) mass is 395 g/mol. The van der Waals surface area contributed by atoms with Crippen LogP contribution in [0.2, 0.25) is 0 Å². The van der Waals surface area contributed by atoms with E-state index in [-0.39, 0.29) is 5.78 Å². The van der Waals surface area contributed by atoms with E-state index < -0.39 is 0 Å². The van der Waals surface area contributed by atoms with Crippen molar-refractivity contribution >= 4 is 5.78 Å². The van der Waals surface area contributed by atoms with Gasteiger partial charge in [-0.25, -0.2) is 0 Å². The summed E-state index contributed by atoms with van der Waals surface area (Å²) in [6.45, 7) is 17.1. The zero-order valence-electron chi connectivity index (χ0n) is 18.5. The van der Waals surface area contributed by atoms with Crippen LogP contribution >= 0.6 is 0 Å². The van der Waals surface area contributed by atoms with Gasteiger partial charge in [-0.2, -0.15) is 0 Å². The molecule has 0 fully saturated rings. The van der Waals surface area contributed by atoms with Gasteiger partial charge in [-0.05, 0) is 62.3 Å². The predicted octanol–water partition coefficient (Wildman–Crippen LogP) is 6.52. The van der Waals surface area contributed by atoms with E-state index in [1.54, 1.807) is 12.2 Å². The molecule has 0 aliphatic heterocycles. The van der Waals surface area contributed by atoms with Gasteiger partial charge >= 0.3 is 0 Å². The van der Waals surface area contributed by atoms with Crippen molar-refractivity contribution in [2.75, 3.05) is 13.2 Å². The molecule has 0 aromatic rings. The summed E-state index contributed by atoms with van der Waals surface area (Å²) in [5.41, 5.74) is 2.40. The maximum atomic E-state index is 12.6. The van der Waals surface area contributed by atoms with Crippen LogP contribution in [0.15, 0.2) is 96.5 Å². The number of hydrogen-bond acceptors (Lipinski definition) is 3. The fourth-order valence-corrected chi connectivity index (χ4v) is 2.28. The number of ketones is 1. The minimum absolute atomic E-state index is 0.0658. The smallest absolute Gasteiger partial charge is 0.189 e. The van der Waals surface area contributed by atoms with E-state index >= 15 is 0 Å². The first-order valence-electron chi connectivity index (χ1n) is 10.4. The number of rotatable bonds is 12. The molecule has 0 saturated heterocycles. The number of carbonyl (C=O) groups is 1. The van der Waals surface area contributed by atoms with Crippen molar-refractivity contribution in [2.24, 2.45) is 0 Å². The molecule has 1 aliphatic carbocycles. The summed E-state index contributed by atoms with van der Waals surface area (Å²) in [5.74, 6) is 0.597. The van der Waals surface area contributed by atoms with Crippen molar-refractivity contribution in [3.05, 3.63) is 96.5 Å². The minimum atomic E-state index is -0.0658. The second kappa shape index (κ2) is 17.3. The number of carbonyl (C=O) groups excluding carboxylic acids is 1. The van der Waals surface area contributed by atoms with Gasteiger partial charge in [0.2, 0.25) is 0 Å². The third kappa shape index (κ3) is 12.3. The number of hydrogen-bond donors (Lipinski definition) is 1. The molecular formula is C26H37NO2. The molecule has 1 rings (SSSR count). The molecular weight excluding hydrogens is 358 g/mol. The van der Waals surface area contributed by atoms with Gasteiger partial charge in [-0.15, -0.1) is 6.58 Å². The van der Waals surface area contributed by atoms with Crippen molar-refractivity contribution in [3.63, 3.8) is 0 Å². The van der Waals surface area contributed by atoms with Crippen LogP contribution in [0.25, 0.3) is 0 Å². The Hall–Kier alpha value is -2.81. The maximum absolute atomic E-state index is 12.6. The van der Waals surface area contributed by atoms with Gasteiger partial charge in [-0.1, -0.05) is 63.3 Å². The molecule has 158 valence electrons. The van der Waals surface area contributed by atoms with E-state index in [2.05, 4.69) is 18.5 Å². The Bertz CT molecular complexity index is 700. The molecule has 1 aliphatic rings. The highest BCUT2D eigenvalue weighted by Gasteiger charge is 2.13. The standard InChI is InChI=1S/C24H31NO2.C2H6/c1-5-7-16-25-17-15-21(4)19-20(3)13-14-23(26)22-11-9-8-10-12-24(22)27-18-6-2;1-2/h5,8-9,11-15,17,19,25H,1,4,6-7,10,16,18H2,2-3H3;1-2H3/b14-13+,17-15-,20-19+;. The Morgan fingerprint density at radius 3 is 2.72 bits per heavy atom. The maximum Gasteiger partial charge on any atom is 0.189 e. The third-order valence-electron chi connectivity index (χ3n) is 3.65. The highest BCUT2D eigenvalue weighted by molar-refractivity contribution is 6.07. The summed E-state index contributed by atoms with van der Waals surface area (Å²) in [6.07, 6.45) is 21.2. The van der Waals surface area contributed by atoms with Crippen LogP contribution in [0.3, 0.4) is 0 Å². The van der Waals surface area contributed by atoms with Crippen molar-refractivity contribution in [1.82, 2.24) is 5.32 Å². The quantitative estimate of drug-likeness (QED) is 0.177. The molecule has 3 nitrogen and oxygen atoms in total. The highest BCUT2D eigenvalue weighted by atomic mass is 16.5. The lowest BCUT2D eigenvalue weighted by atomic mass is 10.1. The van der Waals surface area contributed by atoms with Crippen LogP contribution in [-0.4, -0.2) is 18.9 Å². The van der Waals surface area contributed by atoms with Gasteiger partial charge in [0.1, 0.15) is 5.76 Å². The zero-order chi connectivity index (χ0) is 21.9. The Labute approximate surface area is 177 Å². The second-order valence-corrected chi connectivity index (χ2v) is 6.19. The molecule has 29 heavy (non-hydrogen) atoms. The molecule has 1 N–H and O–H groups in total. The molecule has 0 saturated carbocycles. The Morgan fingerprint density at radius 1 is 1.28 bits per heavy atom. The number of ether oxygens (including phenoxy) is 1. The van der Waals surface area contributed by atoms with E-state index in [9.17, 15) is 4.79 Å². The molecule has 0 aromatic carbocycles. The van der Waals surface area contributed by atoms with Crippen molar-refractivity contribution in [3.8, 4) is 0 Å². The summed E-state index contributed by atoms with van der Waals surface area (Å²) in [4.78, 5) is 12.6.